The number of rotatable bonds is 3. The van der Waals surface area contributed by atoms with E-state index in [0.29, 0.717) is 18.9 Å². The van der Waals surface area contributed by atoms with Gasteiger partial charge in [0.2, 0.25) is 0 Å². The summed E-state index contributed by atoms with van der Waals surface area (Å²) < 4.78 is 0.763. The second-order valence-corrected chi connectivity index (χ2v) is 4.45. The third kappa shape index (κ3) is 2.09. The molecule has 2 rings (SSSR count). The predicted molar refractivity (Wildman–Crippen MR) is 54.1 cm³/mol. The molecule has 0 unspecified atom stereocenters. The third-order valence-corrected chi connectivity index (χ3v) is 2.82. The average Bonchev–Trinajstić information content (AvgIpc) is 2.76. The van der Waals surface area contributed by atoms with E-state index < -0.39 is 0 Å². The number of thiophene rings is 1. The molecule has 7 heteroatoms. The van der Waals surface area contributed by atoms with Crippen LogP contribution >= 0.6 is 22.9 Å². The summed E-state index contributed by atoms with van der Waals surface area (Å²) in [5, 5.41) is 11.7. The van der Waals surface area contributed by atoms with E-state index in [-0.39, 0.29) is 0 Å². The van der Waals surface area contributed by atoms with Crippen molar-refractivity contribution in [2.75, 3.05) is 0 Å². The molecular weight excluding hydrogens is 222 g/mol. The van der Waals surface area contributed by atoms with Gasteiger partial charge in [0.25, 0.3) is 0 Å². The summed E-state index contributed by atoms with van der Waals surface area (Å²) in [6.45, 7) is 0.898. The van der Waals surface area contributed by atoms with Gasteiger partial charge in [0.15, 0.2) is 5.82 Å². The number of nitrogens with zero attached hydrogens (tertiary/aromatic N) is 4. The largest absolute Gasteiger partial charge is 0.324 e. The van der Waals surface area contributed by atoms with Crippen LogP contribution in [0.25, 0.3) is 0 Å². The fraction of sp³-hybridized carbons (Fsp3) is 0.286. The van der Waals surface area contributed by atoms with Crippen LogP contribution in [0.1, 0.15) is 10.7 Å². The van der Waals surface area contributed by atoms with Gasteiger partial charge < -0.3 is 5.73 Å². The van der Waals surface area contributed by atoms with E-state index in [4.69, 9.17) is 17.3 Å². The first-order chi connectivity index (χ1) is 6.78. The van der Waals surface area contributed by atoms with Gasteiger partial charge in [-0.3, -0.25) is 0 Å². The van der Waals surface area contributed by atoms with Gasteiger partial charge in [-0.25, -0.2) is 0 Å². The number of halogens is 1. The van der Waals surface area contributed by atoms with E-state index in [1.165, 1.54) is 16.1 Å². The van der Waals surface area contributed by atoms with Crippen molar-refractivity contribution in [3.63, 3.8) is 0 Å². The highest BCUT2D eigenvalue weighted by molar-refractivity contribution is 7.16. The Labute approximate surface area is 89.5 Å². The van der Waals surface area contributed by atoms with Crippen molar-refractivity contribution in [3.8, 4) is 0 Å². The first-order valence-electron chi connectivity index (χ1n) is 3.99. The molecule has 0 radical (unpaired) electrons. The van der Waals surface area contributed by atoms with Gasteiger partial charge >= 0.3 is 0 Å². The van der Waals surface area contributed by atoms with Gasteiger partial charge in [-0.2, -0.15) is 4.80 Å². The van der Waals surface area contributed by atoms with Crippen molar-refractivity contribution < 1.29 is 0 Å². The molecule has 0 atom stereocenters. The molecular formula is C7H8ClN5S. The van der Waals surface area contributed by atoms with Gasteiger partial charge in [0, 0.05) is 4.88 Å². The van der Waals surface area contributed by atoms with Crippen LogP contribution in [0.15, 0.2) is 12.1 Å². The minimum absolute atomic E-state index is 0.311. The number of tetrazole rings is 1. The van der Waals surface area contributed by atoms with Crippen LogP contribution in [0.3, 0.4) is 0 Å². The van der Waals surface area contributed by atoms with Crippen LogP contribution in [-0.4, -0.2) is 20.2 Å². The molecule has 0 saturated carbocycles. The zero-order valence-corrected chi connectivity index (χ0v) is 8.79. The molecule has 0 aliphatic heterocycles. The number of nitrogens with two attached hydrogens (primary N) is 1. The Morgan fingerprint density at radius 2 is 2.36 bits per heavy atom. The predicted octanol–water partition coefficient (Wildman–Crippen LogP) is 0.895. The monoisotopic (exact) mass is 229 g/mol. The molecule has 74 valence electrons. The minimum atomic E-state index is 0.311. The standard InChI is InChI=1S/C7H8ClN5S/c8-6-2-1-5(14-6)4-13-11-7(3-9)10-12-13/h1-2H,3-4,9H2. The highest BCUT2D eigenvalue weighted by Crippen LogP contribution is 2.21. The Hall–Kier alpha value is -0.980. The Morgan fingerprint density at radius 1 is 1.50 bits per heavy atom. The molecule has 0 aliphatic rings. The lowest BCUT2D eigenvalue weighted by Crippen LogP contribution is -2.04. The lowest BCUT2D eigenvalue weighted by molar-refractivity contribution is 0.575. The molecule has 0 spiro atoms. The van der Waals surface area contributed by atoms with E-state index in [9.17, 15) is 0 Å². The summed E-state index contributed by atoms with van der Waals surface area (Å²) in [5.74, 6) is 0.549. The smallest absolute Gasteiger partial charge is 0.188 e. The fourth-order valence-electron chi connectivity index (χ4n) is 1.00. The summed E-state index contributed by atoms with van der Waals surface area (Å²) in [6.07, 6.45) is 0. The van der Waals surface area contributed by atoms with Gasteiger partial charge in [-0.1, -0.05) is 11.6 Å². The molecule has 2 aromatic heterocycles. The summed E-state index contributed by atoms with van der Waals surface area (Å²) in [6, 6.07) is 3.79. The molecule has 2 heterocycles. The van der Waals surface area contributed by atoms with E-state index >= 15 is 0 Å². The van der Waals surface area contributed by atoms with Crippen LogP contribution in [0.5, 0.6) is 0 Å². The lowest BCUT2D eigenvalue weighted by atomic mass is 10.5. The molecule has 0 fully saturated rings. The number of aromatic nitrogens is 4. The Kier molecular flexibility index (Phi) is 2.76. The fourth-order valence-corrected chi connectivity index (χ4v) is 2.06. The summed E-state index contributed by atoms with van der Waals surface area (Å²) >= 11 is 7.30. The first-order valence-corrected chi connectivity index (χ1v) is 5.18. The van der Waals surface area contributed by atoms with Crippen LogP contribution in [0.4, 0.5) is 0 Å². The second kappa shape index (κ2) is 4.04. The van der Waals surface area contributed by atoms with Crippen molar-refractivity contribution in [2.45, 2.75) is 13.1 Å². The van der Waals surface area contributed by atoms with Crippen LogP contribution in [0, 0.1) is 0 Å². The van der Waals surface area contributed by atoms with E-state index in [1.807, 2.05) is 12.1 Å². The van der Waals surface area contributed by atoms with Crippen molar-refractivity contribution in [2.24, 2.45) is 5.73 Å². The van der Waals surface area contributed by atoms with E-state index in [0.717, 1.165) is 9.21 Å². The molecule has 0 aliphatic carbocycles. The minimum Gasteiger partial charge on any atom is -0.324 e. The molecule has 0 aromatic carbocycles. The zero-order valence-electron chi connectivity index (χ0n) is 7.22. The first kappa shape index (κ1) is 9.57. The average molecular weight is 230 g/mol. The molecule has 14 heavy (non-hydrogen) atoms. The van der Waals surface area contributed by atoms with Crippen molar-refractivity contribution in [1.82, 2.24) is 20.2 Å². The highest BCUT2D eigenvalue weighted by atomic mass is 35.5. The SMILES string of the molecule is NCc1nnn(Cc2ccc(Cl)s2)n1. The Morgan fingerprint density at radius 3 is 2.93 bits per heavy atom. The maximum atomic E-state index is 5.79. The topological polar surface area (TPSA) is 69.6 Å². The van der Waals surface area contributed by atoms with Gasteiger partial charge in [0.05, 0.1) is 17.4 Å². The van der Waals surface area contributed by atoms with Gasteiger partial charge in [0.1, 0.15) is 0 Å². The van der Waals surface area contributed by atoms with Crippen molar-refractivity contribution in [3.05, 3.63) is 27.2 Å². The van der Waals surface area contributed by atoms with Crippen LogP contribution < -0.4 is 5.73 Å². The summed E-state index contributed by atoms with van der Waals surface area (Å²) in [4.78, 5) is 2.60. The molecule has 5 nitrogen and oxygen atoms in total. The quantitative estimate of drug-likeness (QED) is 0.849. The maximum Gasteiger partial charge on any atom is 0.188 e. The summed E-state index contributed by atoms with van der Waals surface area (Å²) in [7, 11) is 0. The van der Waals surface area contributed by atoms with E-state index in [1.54, 1.807) is 0 Å². The van der Waals surface area contributed by atoms with Crippen LogP contribution in [0.2, 0.25) is 4.34 Å². The van der Waals surface area contributed by atoms with E-state index in [2.05, 4.69) is 15.4 Å². The van der Waals surface area contributed by atoms with Gasteiger partial charge in [-0.15, -0.1) is 21.5 Å². The molecule has 2 N–H and O–H groups in total. The Bertz CT molecular complexity index is 423. The highest BCUT2D eigenvalue weighted by Gasteiger charge is 2.03. The summed E-state index contributed by atoms with van der Waals surface area (Å²) in [5.41, 5.74) is 5.36. The molecule has 0 bridgehead atoms. The maximum absolute atomic E-state index is 5.79. The Balaban J connectivity index is 2.10. The molecule has 0 saturated heterocycles. The van der Waals surface area contributed by atoms with Gasteiger partial charge in [-0.05, 0) is 17.3 Å². The zero-order chi connectivity index (χ0) is 9.97. The second-order valence-electron chi connectivity index (χ2n) is 2.65. The lowest BCUT2D eigenvalue weighted by Gasteiger charge is -1.92. The normalized spacial score (nSPS) is 10.7. The molecule has 2 aromatic rings. The van der Waals surface area contributed by atoms with Crippen molar-refractivity contribution in [1.29, 1.82) is 0 Å². The third-order valence-electron chi connectivity index (χ3n) is 1.60. The molecule has 0 amide bonds. The van der Waals surface area contributed by atoms with Crippen molar-refractivity contribution >= 4 is 22.9 Å². The van der Waals surface area contributed by atoms with Crippen LogP contribution in [-0.2, 0) is 13.1 Å². The number of hydrogen-bond donors (Lipinski definition) is 1. The number of hydrogen-bond acceptors (Lipinski definition) is 5.